The first-order chi connectivity index (χ1) is 20.5. The minimum atomic E-state index is -0.120. The van der Waals surface area contributed by atoms with Crippen molar-refractivity contribution in [2.75, 3.05) is 59.5 Å². The lowest BCUT2D eigenvalue weighted by molar-refractivity contribution is -0.0533. The number of likely N-dealkylation sites (tertiary alicyclic amines) is 1. The molecule has 0 saturated carbocycles. The molecule has 4 heterocycles. The van der Waals surface area contributed by atoms with Crippen molar-refractivity contribution in [3.05, 3.63) is 46.9 Å². The summed E-state index contributed by atoms with van der Waals surface area (Å²) in [6.07, 6.45) is 8.11. The second-order valence-electron chi connectivity index (χ2n) is 10.2. The maximum atomic E-state index is 12.9. The number of nitrogens with zero attached hydrogens (tertiary/aromatic N) is 3. The van der Waals surface area contributed by atoms with E-state index in [0.717, 1.165) is 43.9 Å². The molecule has 2 aromatic rings. The number of methoxy groups -OCH3 is 2. The van der Waals surface area contributed by atoms with Crippen LogP contribution in [0.15, 0.2) is 30.6 Å². The average Bonchev–Trinajstić information content (AvgIpc) is 3.06. The molecule has 2 unspecified atom stereocenters. The monoisotopic (exact) mass is 605 g/mol. The van der Waals surface area contributed by atoms with Gasteiger partial charge in [-0.05, 0) is 56.2 Å². The summed E-state index contributed by atoms with van der Waals surface area (Å²) in [6.45, 7) is 7.65. The van der Waals surface area contributed by atoms with Crippen molar-refractivity contribution < 1.29 is 23.7 Å². The Hall–Kier alpha value is -2.50. The van der Waals surface area contributed by atoms with E-state index in [0.29, 0.717) is 55.1 Å². The summed E-state index contributed by atoms with van der Waals surface area (Å²) in [7, 11) is 4.98. The Kier molecular flexibility index (Phi) is 14.8. The maximum Gasteiger partial charge on any atom is 0.276 e. The third kappa shape index (κ3) is 9.50. The fraction of sp³-hybridized carbons (Fsp3) is 0.645. The Labute approximate surface area is 255 Å². The Morgan fingerprint density at radius 1 is 1.02 bits per heavy atom. The molecule has 1 amide bonds. The summed E-state index contributed by atoms with van der Waals surface area (Å²) >= 11 is 5.81. The molecule has 3 saturated heterocycles. The molecule has 5 rings (SSSR count). The van der Waals surface area contributed by atoms with Gasteiger partial charge in [0.05, 0.1) is 25.9 Å². The second kappa shape index (κ2) is 18.2. The molecule has 0 spiro atoms. The Bertz CT molecular complexity index is 1060. The van der Waals surface area contributed by atoms with E-state index < -0.39 is 0 Å². The highest BCUT2D eigenvalue weighted by atomic mass is 35.5. The highest BCUT2D eigenvalue weighted by molar-refractivity contribution is 6.30. The van der Waals surface area contributed by atoms with Gasteiger partial charge in [-0.25, -0.2) is 9.97 Å². The smallest absolute Gasteiger partial charge is 0.276 e. The van der Waals surface area contributed by atoms with Crippen molar-refractivity contribution in [3.63, 3.8) is 0 Å². The number of piperidine rings is 1. The molecule has 3 aliphatic rings. The maximum absolute atomic E-state index is 12.9. The molecule has 11 heteroatoms. The highest BCUT2D eigenvalue weighted by Crippen LogP contribution is 2.29. The van der Waals surface area contributed by atoms with Gasteiger partial charge in [0.25, 0.3) is 5.91 Å². The van der Waals surface area contributed by atoms with E-state index in [4.69, 9.17) is 30.5 Å². The topological polar surface area (TPSA) is 107 Å². The SMILES string of the molecule is CC.CNc1ncnc(C(=O)N2CCC(NC3CCOCC3OC)CC2)c1OC.Clc1ccc([C@@H]2CCCCO2)cc1. The van der Waals surface area contributed by atoms with Crippen molar-refractivity contribution >= 4 is 23.3 Å². The van der Waals surface area contributed by atoms with E-state index in [1.165, 1.54) is 31.8 Å². The molecule has 0 radical (unpaired) electrons. The molecule has 3 aliphatic heterocycles. The number of nitrogens with one attached hydrogen (secondary N) is 2. The zero-order valence-corrected chi connectivity index (χ0v) is 26.5. The summed E-state index contributed by atoms with van der Waals surface area (Å²) < 4.78 is 22.0. The zero-order valence-electron chi connectivity index (χ0n) is 25.7. The summed E-state index contributed by atoms with van der Waals surface area (Å²) in [4.78, 5) is 23.0. The van der Waals surface area contributed by atoms with E-state index in [9.17, 15) is 4.79 Å². The molecular weight excluding hydrogens is 558 g/mol. The van der Waals surface area contributed by atoms with E-state index in [1.54, 1.807) is 14.2 Å². The first-order valence-corrected chi connectivity index (χ1v) is 15.5. The standard InChI is InChI=1S/C18H29N5O4.C11H13ClO.C2H6/c1-19-17-16(26-3)15(20-11-21-17)18(24)23-7-4-12(5-8-23)22-13-6-9-27-10-14(13)25-2;12-10-6-4-9(5-7-10)11-3-1-2-8-13-11;1-2/h11-14,22H,4-10H2,1-3H3,(H,19,20,21);4-7,11H,1-3,8H2;1-2H3/t;11-;/m.0./s1. The first-order valence-electron chi connectivity index (χ1n) is 15.1. The molecule has 3 fully saturated rings. The summed E-state index contributed by atoms with van der Waals surface area (Å²) in [5.74, 6) is 0.776. The minimum Gasteiger partial charge on any atom is -0.491 e. The molecule has 0 aliphatic carbocycles. The van der Waals surface area contributed by atoms with Crippen LogP contribution < -0.4 is 15.4 Å². The number of halogens is 1. The molecule has 3 atom stereocenters. The normalized spacial score (nSPS) is 22.6. The van der Waals surface area contributed by atoms with Crippen LogP contribution in [0.4, 0.5) is 5.82 Å². The molecule has 2 N–H and O–H groups in total. The first kappa shape index (κ1) is 34.0. The number of hydrogen-bond acceptors (Lipinski definition) is 9. The number of benzene rings is 1. The van der Waals surface area contributed by atoms with Crippen LogP contribution in [0.25, 0.3) is 0 Å². The Morgan fingerprint density at radius 3 is 2.38 bits per heavy atom. The second-order valence-corrected chi connectivity index (χ2v) is 10.7. The van der Waals surface area contributed by atoms with Gasteiger partial charge in [-0.2, -0.15) is 0 Å². The third-order valence-corrected chi connectivity index (χ3v) is 7.96. The van der Waals surface area contributed by atoms with Gasteiger partial charge >= 0.3 is 0 Å². The van der Waals surface area contributed by atoms with Crippen LogP contribution in [0.2, 0.25) is 5.02 Å². The summed E-state index contributed by atoms with van der Waals surface area (Å²) in [5.41, 5.74) is 1.55. The van der Waals surface area contributed by atoms with Gasteiger partial charge in [0.1, 0.15) is 6.33 Å². The molecule has 0 bridgehead atoms. The predicted molar refractivity (Wildman–Crippen MR) is 166 cm³/mol. The molecular formula is C31H48ClN5O5. The van der Waals surface area contributed by atoms with E-state index in [2.05, 4.69) is 32.7 Å². The minimum absolute atomic E-state index is 0.0867. The highest BCUT2D eigenvalue weighted by Gasteiger charge is 2.31. The number of carbonyl (C=O) groups excluding carboxylic acids is 1. The number of ether oxygens (including phenoxy) is 4. The predicted octanol–water partition coefficient (Wildman–Crippen LogP) is 5.13. The number of amides is 1. The zero-order chi connectivity index (χ0) is 30.3. The van der Waals surface area contributed by atoms with Crippen molar-refractivity contribution in [2.24, 2.45) is 0 Å². The fourth-order valence-electron chi connectivity index (χ4n) is 5.42. The van der Waals surface area contributed by atoms with Crippen molar-refractivity contribution in [2.45, 2.75) is 76.7 Å². The lowest BCUT2D eigenvalue weighted by Gasteiger charge is -2.38. The third-order valence-electron chi connectivity index (χ3n) is 7.71. The van der Waals surface area contributed by atoms with Crippen LogP contribution in [0.3, 0.4) is 0 Å². The lowest BCUT2D eigenvalue weighted by atomic mass is 9.99. The Morgan fingerprint density at radius 2 is 1.76 bits per heavy atom. The van der Waals surface area contributed by atoms with Crippen LogP contribution in [0, 0.1) is 0 Å². The van der Waals surface area contributed by atoms with Crippen molar-refractivity contribution in [1.82, 2.24) is 20.2 Å². The van der Waals surface area contributed by atoms with Gasteiger partial charge in [0.2, 0.25) is 0 Å². The van der Waals surface area contributed by atoms with Crippen LogP contribution in [0.5, 0.6) is 5.75 Å². The lowest BCUT2D eigenvalue weighted by Crippen LogP contribution is -2.54. The van der Waals surface area contributed by atoms with Gasteiger partial charge in [-0.15, -0.1) is 0 Å². The van der Waals surface area contributed by atoms with E-state index in [-0.39, 0.29) is 12.0 Å². The molecule has 10 nitrogen and oxygen atoms in total. The number of hydrogen-bond donors (Lipinski definition) is 2. The van der Waals surface area contributed by atoms with E-state index in [1.807, 2.05) is 30.9 Å². The fourth-order valence-corrected chi connectivity index (χ4v) is 5.54. The summed E-state index contributed by atoms with van der Waals surface area (Å²) in [6, 6.07) is 8.63. The van der Waals surface area contributed by atoms with Gasteiger partial charge in [0, 0.05) is 57.6 Å². The van der Waals surface area contributed by atoms with Gasteiger partial charge < -0.3 is 34.5 Å². The largest absolute Gasteiger partial charge is 0.491 e. The number of anilines is 1. The van der Waals surface area contributed by atoms with Gasteiger partial charge in [0.15, 0.2) is 17.3 Å². The molecule has 1 aromatic carbocycles. The van der Waals surface area contributed by atoms with Crippen molar-refractivity contribution in [3.8, 4) is 5.75 Å². The van der Waals surface area contributed by atoms with Crippen LogP contribution in [0.1, 0.15) is 74.5 Å². The quantitative estimate of drug-likeness (QED) is 0.444. The van der Waals surface area contributed by atoms with Crippen LogP contribution in [-0.4, -0.2) is 93.1 Å². The van der Waals surface area contributed by atoms with Gasteiger partial charge in [-0.3, -0.25) is 4.79 Å². The number of carbonyl (C=O) groups is 1. The molecule has 42 heavy (non-hydrogen) atoms. The molecule has 1 aromatic heterocycles. The van der Waals surface area contributed by atoms with Crippen LogP contribution in [-0.2, 0) is 14.2 Å². The Balaban J connectivity index is 0.000000269. The number of rotatable bonds is 7. The summed E-state index contributed by atoms with van der Waals surface area (Å²) in [5, 5.41) is 7.41. The number of aromatic nitrogens is 2. The van der Waals surface area contributed by atoms with E-state index >= 15 is 0 Å². The van der Waals surface area contributed by atoms with Crippen LogP contribution >= 0.6 is 11.6 Å². The molecule has 234 valence electrons. The van der Waals surface area contributed by atoms with Crippen molar-refractivity contribution in [1.29, 1.82) is 0 Å². The average molecular weight is 606 g/mol. The van der Waals surface area contributed by atoms with Gasteiger partial charge in [-0.1, -0.05) is 37.6 Å².